The van der Waals surface area contributed by atoms with Crippen molar-refractivity contribution >= 4 is 5.91 Å². The lowest BCUT2D eigenvalue weighted by Gasteiger charge is -2.18. The van der Waals surface area contributed by atoms with E-state index in [0.29, 0.717) is 18.4 Å². The lowest BCUT2D eigenvalue weighted by Crippen LogP contribution is -2.37. The van der Waals surface area contributed by atoms with Gasteiger partial charge in [0.2, 0.25) is 5.91 Å². The van der Waals surface area contributed by atoms with Gasteiger partial charge in [0.15, 0.2) is 0 Å². The summed E-state index contributed by atoms with van der Waals surface area (Å²) in [6, 6.07) is 10.7. The first-order valence-electron chi connectivity index (χ1n) is 6.13. The van der Waals surface area contributed by atoms with Crippen LogP contribution >= 0.6 is 0 Å². The van der Waals surface area contributed by atoms with Gasteiger partial charge in [-0.25, -0.2) is 0 Å². The minimum atomic E-state index is 0.174. The van der Waals surface area contributed by atoms with Crippen molar-refractivity contribution in [2.45, 2.75) is 38.6 Å². The third-order valence-electron chi connectivity index (χ3n) is 3.16. The van der Waals surface area contributed by atoms with Crippen LogP contribution in [0.2, 0.25) is 0 Å². The van der Waals surface area contributed by atoms with Gasteiger partial charge in [-0.3, -0.25) is 4.79 Å². The molecule has 1 aromatic rings. The van der Waals surface area contributed by atoms with E-state index < -0.39 is 0 Å². The fourth-order valence-electron chi connectivity index (χ4n) is 2.01. The first-order valence-corrected chi connectivity index (χ1v) is 6.13. The van der Waals surface area contributed by atoms with E-state index in [2.05, 4.69) is 29.6 Å². The lowest BCUT2D eigenvalue weighted by molar-refractivity contribution is -0.121. The number of rotatable bonds is 5. The van der Waals surface area contributed by atoms with Gasteiger partial charge in [0.25, 0.3) is 0 Å². The summed E-state index contributed by atoms with van der Waals surface area (Å²) >= 11 is 0. The second kappa shape index (κ2) is 5.15. The minimum Gasteiger partial charge on any atom is -0.353 e. The highest BCUT2D eigenvalue weighted by Gasteiger charge is 2.31. The molecule has 1 amide bonds. The molecule has 86 valence electrons. The Bertz CT molecular complexity index is 343. The SMILES string of the molecule is CCC(=O)N[C@@H](Cc1ccccc1)C1CC1. The molecule has 1 N–H and O–H groups in total. The molecule has 16 heavy (non-hydrogen) atoms. The Morgan fingerprint density at radius 2 is 2.06 bits per heavy atom. The van der Waals surface area contributed by atoms with E-state index in [1.165, 1.54) is 18.4 Å². The van der Waals surface area contributed by atoms with Gasteiger partial charge in [-0.2, -0.15) is 0 Å². The monoisotopic (exact) mass is 217 g/mol. The second-order valence-corrected chi connectivity index (χ2v) is 4.55. The van der Waals surface area contributed by atoms with E-state index in [9.17, 15) is 4.79 Å². The van der Waals surface area contributed by atoms with Crippen LogP contribution in [0.1, 0.15) is 31.7 Å². The second-order valence-electron chi connectivity index (χ2n) is 4.55. The van der Waals surface area contributed by atoms with Crippen LogP contribution in [-0.2, 0) is 11.2 Å². The summed E-state index contributed by atoms with van der Waals surface area (Å²) in [5, 5.41) is 3.14. The molecule has 2 nitrogen and oxygen atoms in total. The Balaban J connectivity index is 1.95. The largest absolute Gasteiger partial charge is 0.353 e. The highest BCUT2D eigenvalue weighted by Crippen LogP contribution is 2.34. The third-order valence-corrected chi connectivity index (χ3v) is 3.16. The Kier molecular flexibility index (Phi) is 3.60. The minimum absolute atomic E-state index is 0.174. The van der Waals surface area contributed by atoms with Crippen LogP contribution in [0.5, 0.6) is 0 Å². The Hall–Kier alpha value is -1.31. The van der Waals surface area contributed by atoms with Gasteiger partial charge in [0, 0.05) is 12.5 Å². The molecule has 2 rings (SSSR count). The number of hydrogen-bond acceptors (Lipinski definition) is 1. The van der Waals surface area contributed by atoms with Crippen molar-refractivity contribution in [1.82, 2.24) is 5.32 Å². The maximum atomic E-state index is 11.4. The fraction of sp³-hybridized carbons (Fsp3) is 0.500. The number of amides is 1. The Morgan fingerprint density at radius 1 is 1.38 bits per heavy atom. The number of hydrogen-bond donors (Lipinski definition) is 1. The molecule has 1 aliphatic rings. The molecular formula is C14H19NO. The normalized spacial score (nSPS) is 16.8. The van der Waals surface area contributed by atoms with Gasteiger partial charge in [-0.1, -0.05) is 37.3 Å². The van der Waals surface area contributed by atoms with Crippen LogP contribution in [-0.4, -0.2) is 11.9 Å². The van der Waals surface area contributed by atoms with Crippen molar-refractivity contribution < 1.29 is 4.79 Å². The quantitative estimate of drug-likeness (QED) is 0.806. The maximum Gasteiger partial charge on any atom is 0.219 e. The van der Waals surface area contributed by atoms with Crippen molar-refractivity contribution in [2.75, 3.05) is 0 Å². The standard InChI is InChI=1S/C14H19NO/c1-2-14(16)15-13(12-8-9-12)10-11-6-4-3-5-7-11/h3-7,12-13H,2,8-10H2,1H3,(H,15,16)/t13-/m0/s1. The molecule has 2 heteroatoms. The predicted octanol–water partition coefficient (Wildman–Crippen LogP) is 2.53. The first kappa shape index (κ1) is 11.2. The molecule has 1 atom stereocenters. The van der Waals surface area contributed by atoms with Gasteiger partial charge in [0.05, 0.1) is 0 Å². The zero-order valence-corrected chi connectivity index (χ0v) is 9.78. The predicted molar refractivity (Wildman–Crippen MR) is 65.1 cm³/mol. The third kappa shape index (κ3) is 3.09. The van der Waals surface area contributed by atoms with Gasteiger partial charge in [-0.05, 0) is 30.7 Å². The number of carbonyl (C=O) groups is 1. The van der Waals surface area contributed by atoms with Crippen LogP contribution in [0, 0.1) is 5.92 Å². The maximum absolute atomic E-state index is 11.4. The molecule has 1 saturated carbocycles. The molecule has 0 bridgehead atoms. The first-order chi connectivity index (χ1) is 7.79. The summed E-state index contributed by atoms with van der Waals surface area (Å²) in [6.07, 6.45) is 4.08. The Labute approximate surface area is 97.1 Å². The number of carbonyl (C=O) groups excluding carboxylic acids is 1. The van der Waals surface area contributed by atoms with Crippen molar-refractivity contribution in [3.63, 3.8) is 0 Å². The van der Waals surface area contributed by atoms with E-state index in [1.54, 1.807) is 0 Å². The van der Waals surface area contributed by atoms with Crippen LogP contribution in [0.4, 0.5) is 0 Å². The van der Waals surface area contributed by atoms with Crippen molar-refractivity contribution in [3.8, 4) is 0 Å². The summed E-state index contributed by atoms with van der Waals surface area (Å²) in [5.74, 6) is 0.878. The van der Waals surface area contributed by atoms with E-state index in [-0.39, 0.29) is 5.91 Å². The topological polar surface area (TPSA) is 29.1 Å². The molecule has 1 aromatic carbocycles. The van der Waals surface area contributed by atoms with Crippen LogP contribution in [0.15, 0.2) is 30.3 Å². The van der Waals surface area contributed by atoms with E-state index in [1.807, 2.05) is 13.0 Å². The van der Waals surface area contributed by atoms with Gasteiger partial charge in [0.1, 0.15) is 0 Å². The molecule has 1 fully saturated rings. The average molecular weight is 217 g/mol. The van der Waals surface area contributed by atoms with Crippen LogP contribution in [0.25, 0.3) is 0 Å². The summed E-state index contributed by atoms with van der Waals surface area (Å²) in [5.41, 5.74) is 1.32. The fourth-order valence-corrected chi connectivity index (χ4v) is 2.01. The van der Waals surface area contributed by atoms with Crippen molar-refractivity contribution in [3.05, 3.63) is 35.9 Å². The molecule has 1 aliphatic carbocycles. The molecular weight excluding hydrogens is 198 g/mol. The van der Waals surface area contributed by atoms with Crippen molar-refractivity contribution in [2.24, 2.45) is 5.92 Å². The van der Waals surface area contributed by atoms with Gasteiger partial charge in [-0.15, -0.1) is 0 Å². The van der Waals surface area contributed by atoms with Gasteiger partial charge >= 0.3 is 0 Å². The highest BCUT2D eigenvalue weighted by atomic mass is 16.1. The van der Waals surface area contributed by atoms with Crippen LogP contribution < -0.4 is 5.32 Å². The molecule has 0 radical (unpaired) electrons. The zero-order valence-electron chi connectivity index (χ0n) is 9.78. The van der Waals surface area contributed by atoms with E-state index in [4.69, 9.17) is 0 Å². The van der Waals surface area contributed by atoms with Crippen LogP contribution in [0.3, 0.4) is 0 Å². The van der Waals surface area contributed by atoms with Crippen molar-refractivity contribution in [1.29, 1.82) is 0 Å². The molecule has 0 unspecified atom stereocenters. The summed E-state index contributed by atoms with van der Waals surface area (Å²) in [4.78, 5) is 11.4. The number of nitrogens with one attached hydrogen (secondary N) is 1. The highest BCUT2D eigenvalue weighted by molar-refractivity contribution is 5.75. The molecule has 0 aromatic heterocycles. The smallest absolute Gasteiger partial charge is 0.219 e. The lowest BCUT2D eigenvalue weighted by atomic mass is 10.0. The number of benzene rings is 1. The summed E-state index contributed by atoms with van der Waals surface area (Å²) in [7, 11) is 0. The average Bonchev–Trinajstić information content (AvgIpc) is 3.13. The van der Waals surface area contributed by atoms with E-state index >= 15 is 0 Å². The molecule has 0 spiro atoms. The zero-order chi connectivity index (χ0) is 11.4. The Morgan fingerprint density at radius 3 is 2.62 bits per heavy atom. The molecule has 0 heterocycles. The van der Waals surface area contributed by atoms with E-state index in [0.717, 1.165) is 6.42 Å². The molecule has 0 saturated heterocycles. The summed E-state index contributed by atoms with van der Waals surface area (Å²) in [6.45, 7) is 1.90. The molecule has 0 aliphatic heterocycles. The van der Waals surface area contributed by atoms with Gasteiger partial charge < -0.3 is 5.32 Å². The summed E-state index contributed by atoms with van der Waals surface area (Å²) < 4.78 is 0.